The predicted octanol–water partition coefficient (Wildman–Crippen LogP) is 5.45. The van der Waals surface area contributed by atoms with Gasteiger partial charge in [-0.3, -0.25) is 0 Å². The molecule has 3 heteroatoms. The van der Waals surface area contributed by atoms with Crippen molar-refractivity contribution in [1.82, 2.24) is 0 Å². The molecule has 0 aromatic heterocycles. The Morgan fingerprint density at radius 3 is 1.24 bits per heavy atom. The summed E-state index contributed by atoms with van der Waals surface area (Å²) in [6.07, 6.45) is 19.0. The van der Waals surface area contributed by atoms with Crippen molar-refractivity contribution in [3.8, 4) is 0 Å². The van der Waals surface area contributed by atoms with Crippen LogP contribution in [0.15, 0.2) is 71.3 Å². The van der Waals surface area contributed by atoms with E-state index in [1.165, 1.54) is 0 Å². The van der Waals surface area contributed by atoms with Crippen LogP contribution in [0.2, 0.25) is 0 Å². The molecule has 0 aromatic rings. The largest absolute Gasteiger partial charge is 0.512 e. The Morgan fingerprint density at radius 1 is 0.714 bits per heavy atom. The monoisotopic (exact) mass is 328 g/mol. The van der Waals surface area contributed by atoms with Gasteiger partial charge in [-0.2, -0.15) is 0 Å². The molecule has 2 aliphatic rings. The minimum Gasteiger partial charge on any atom is -0.512 e. The van der Waals surface area contributed by atoms with Crippen LogP contribution in [0.3, 0.4) is 0 Å². The Bertz CT molecular complexity index is 417. The standard InChI is InChI=1S/2C9H12O.Fe/c2*1-2-5-9(10)8-6-3-4-7-8;/h2*3-4,6-7,10H,2,5H2,1H3;. The Morgan fingerprint density at radius 2 is 1.00 bits per heavy atom. The number of aliphatic hydroxyl groups is 2. The van der Waals surface area contributed by atoms with Crippen LogP contribution < -0.4 is 0 Å². The third kappa shape index (κ3) is 7.21. The molecule has 0 bridgehead atoms. The molecule has 0 aromatic carbocycles. The van der Waals surface area contributed by atoms with Crippen LogP contribution in [0.25, 0.3) is 0 Å². The van der Waals surface area contributed by atoms with E-state index in [0.29, 0.717) is 11.5 Å². The predicted molar refractivity (Wildman–Crippen MR) is 85.7 cm³/mol. The molecular weight excluding hydrogens is 304 g/mol. The van der Waals surface area contributed by atoms with Gasteiger partial charge >= 0.3 is 0 Å². The first kappa shape index (κ1) is 19.6. The van der Waals surface area contributed by atoms with E-state index in [0.717, 1.165) is 36.8 Å². The molecule has 0 saturated carbocycles. The molecule has 0 fully saturated rings. The average molecular weight is 328 g/mol. The van der Waals surface area contributed by atoms with Gasteiger partial charge in [0.25, 0.3) is 0 Å². The van der Waals surface area contributed by atoms with Crippen LogP contribution in [0, 0.1) is 0 Å². The molecular formula is C18H24FeO2. The number of hydrogen-bond acceptors (Lipinski definition) is 2. The van der Waals surface area contributed by atoms with E-state index in [-0.39, 0.29) is 17.1 Å². The summed E-state index contributed by atoms with van der Waals surface area (Å²) in [6.45, 7) is 4.11. The van der Waals surface area contributed by atoms with E-state index in [1.807, 2.05) is 48.6 Å². The summed E-state index contributed by atoms with van der Waals surface area (Å²) in [5.41, 5.74) is 1.92. The van der Waals surface area contributed by atoms with Gasteiger partial charge in [0, 0.05) is 41.1 Å². The molecule has 0 saturated heterocycles. The Balaban J connectivity index is 0.000000364. The summed E-state index contributed by atoms with van der Waals surface area (Å²) >= 11 is 0. The van der Waals surface area contributed by atoms with Gasteiger partial charge in [-0.05, 0) is 12.8 Å². The third-order valence-corrected chi connectivity index (χ3v) is 2.97. The quantitative estimate of drug-likeness (QED) is 0.532. The molecule has 2 aliphatic carbocycles. The summed E-state index contributed by atoms with van der Waals surface area (Å²) < 4.78 is 0. The molecule has 116 valence electrons. The normalized spacial score (nSPS) is 14.0. The van der Waals surface area contributed by atoms with Crippen molar-refractivity contribution in [1.29, 1.82) is 0 Å². The molecule has 2 rings (SSSR count). The van der Waals surface area contributed by atoms with Crippen LogP contribution in [-0.4, -0.2) is 10.2 Å². The molecule has 0 spiro atoms. The number of rotatable bonds is 4. The van der Waals surface area contributed by atoms with E-state index in [2.05, 4.69) is 13.8 Å². The van der Waals surface area contributed by atoms with Gasteiger partial charge < -0.3 is 10.2 Å². The second-order valence-electron chi connectivity index (χ2n) is 4.74. The summed E-state index contributed by atoms with van der Waals surface area (Å²) in [4.78, 5) is 0. The van der Waals surface area contributed by atoms with Crippen molar-refractivity contribution in [2.45, 2.75) is 39.5 Å². The molecule has 0 radical (unpaired) electrons. The SMILES string of the molecule is CCCC(O)=C1C=CC=C1.CCCC(O)=C1C=CC=C1.[Fe]. The summed E-state index contributed by atoms with van der Waals surface area (Å²) in [5.74, 6) is 1.01. The second kappa shape index (κ2) is 11.2. The Kier molecular flexibility index (Phi) is 10.5. The summed E-state index contributed by atoms with van der Waals surface area (Å²) in [7, 11) is 0. The fourth-order valence-electron chi connectivity index (χ4n) is 1.90. The topological polar surface area (TPSA) is 40.5 Å². The van der Waals surface area contributed by atoms with E-state index in [9.17, 15) is 10.2 Å². The van der Waals surface area contributed by atoms with E-state index < -0.39 is 0 Å². The van der Waals surface area contributed by atoms with Crippen molar-refractivity contribution in [2.24, 2.45) is 0 Å². The van der Waals surface area contributed by atoms with Crippen molar-refractivity contribution < 1.29 is 27.3 Å². The van der Waals surface area contributed by atoms with E-state index in [4.69, 9.17) is 0 Å². The fraction of sp³-hybridized carbons (Fsp3) is 0.333. The molecule has 0 aliphatic heterocycles. The zero-order chi connectivity index (χ0) is 14.8. The minimum atomic E-state index is 0. The average Bonchev–Trinajstić information content (AvgIpc) is 3.14. The van der Waals surface area contributed by atoms with Gasteiger partial charge in [0.05, 0.1) is 11.5 Å². The zero-order valence-corrected chi connectivity index (χ0v) is 13.8. The number of hydrogen-bond donors (Lipinski definition) is 2. The zero-order valence-electron chi connectivity index (χ0n) is 12.7. The summed E-state index contributed by atoms with van der Waals surface area (Å²) in [6, 6.07) is 0. The fourth-order valence-corrected chi connectivity index (χ4v) is 1.90. The second-order valence-corrected chi connectivity index (χ2v) is 4.74. The molecule has 0 unspecified atom stereocenters. The van der Waals surface area contributed by atoms with E-state index in [1.54, 1.807) is 0 Å². The van der Waals surface area contributed by atoms with E-state index >= 15 is 0 Å². The maximum absolute atomic E-state index is 9.33. The van der Waals surface area contributed by atoms with Gasteiger partial charge in [0.1, 0.15) is 0 Å². The van der Waals surface area contributed by atoms with Gasteiger partial charge in [-0.1, -0.05) is 62.5 Å². The van der Waals surface area contributed by atoms with Crippen molar-refractivity contribution in [2.75, 3.05) is 0 Å². The first-order chi connectivity index (χ1) is 9.69. The van der Waals surface area contributed by atoms with Crippen LogP contribution in [0.5, 0.6) is 0 Å². The molecule has 21 heavy (non-hydrogen) atoms. The van der Waals surface area contributed by atoms with Gasteiger partial charge in [0.2, 0.25) is 0 Å². The maximum atomic E-state index is 9.33. The van der Waals surface area contributed by atoms with Crippen molar-refractivity contribution in [3.63, 3.8) is 0 Å². The minimum absolute atomic E-state index is 0. The molecule has 2 nitrogen and oxygen atoms in total. The van der Waals surface area contributed by atoms with Crippen LogP contribution in [0.4, 0.5) is 0 Å². The first-order valence-electron chi connectivity index (χ1n) is 7.22. The van der Waals surface area contributed by atoms with Gasteiger partial charge in [-0.15, -0.1) is 0 Å². The maximum Gasteiger partial charge on any atom is 0.0994 e. The van der Waals surface area contributed by atoms with Crippen LogP contribution >= 0.6 is 0 Å². The number of aliphatic hydroxyl groups excluding tert-OH is 2. The van der Waals surface area contributed by atoms with Gasteiger partial charge in [0.15, 0.2) is 0 Å². The molecule has 2 N–H and O–H groups in total. The van der Waals surface area contributed by atoms with Crippen molar-refractivity contribution >= 4 is 0 Å². The Labute approximate surface area is 138 Å². The molecule has 0 atom stereocenters. The Hall–Kier alpha value is -1.44. The third-order valence-electron chi connectivity index (χ3n) is 2.97. The number of allylic oxidation sites excluding steroid dienone is 12. The summed E-state index contributed by atoms with van der Waals surface area (Å²) in [5, 5.41) is 18.7. The molecule has 0 amide bonds. The first-order valence-corrected chi connectivity index (χ1v) is 7.22. The molecule has 0 heterocycles. The smallest absolute Gasteiger partial charge is 0.0994 e. The van der Waals surface area contributed by atoms with Crippen LogP contribution in [0.1, 0.15) is 39.5 Å². The van der Waals surface area contributed by atoms with Crippen LogP contribution in [-0.2, 0) is 17.1 Å². The van der Waals surface area contributed by atoms with Gasteiger partial charge in [-0.25, -0.2) is 0 Å². The van der Waals surface area contributed by atoms with Crippen molar-refractivity contribution in [3.05, 3.63) is 71.3 Å².